The third-order valence-electron chi connectivity index (χ3n) is 4.75. The molecule has 0 bridgehead atoms. The molecule has 0 atom stereocenters. The van der Waals surface area contributed by atoms with Crippen molar-refractivity contribution < 1.29 is 14.5 Å². The van der Waals surface area contributed by atoms with Crippen LogP contribution in [0.2, 0.25) is 0 Å². The molecule has 0 unspecified atom stereocenters. The lowest BCUT2D eigenvalue weighted by molar-refractivity contribution is -0.384. The van der Waals surface area contributed by atoms with Crippen LogP contribution in [-0.4, -0.2) is 22.8 Å². The van der Waals surface area contributed by atoms with Crippen LogP contribution in [0.5, 0.6) is 0 Å². The summed E-state index contributed by atoms with van der Waals surface area (Å²) in [5.74, 6) is -0.299. The van der Waals surface area contributed by atoms with Gasteiger partial charge in [0, 0.05) is 35.0 Å². The molecule has 0 aromatic heterocycles. The molecule has 2 saturated carbocycles. The fourth-order valence-electron chi connectivity index (χ4n) is 2.82. The predicted octanol–water partition coefficient (Wildman–Crippen LogP) is 3.77. The molecule has 3 N–H and O–H groups in total. The van der Waals surface area contributed by atoms with Gasteiger partial charge in [-0.1, -0.05) is 0 Å². The summed E-state index contributed by atoms with van der Waals surface area (Å²) in [5.41, 5.74) is 1.73. The lowest BCUT2D eigenvalue weighted by Crippen LogP contribution is -2.14. The average molecular weight is 380 g/mol. The van der Waals surface area contributed by atoms with Crippen LogP contribution in [0.3, 0.4) is 0 Å². The van der Waals surface area contributed by atoms with E-state index in [9.17, 15) is 19.7 Å². The van der Waals surface area contributed by atoms with Crippen molar-refractivity contribution in [3.05, 3.63) is 58.1 Å². The Balaban J connectivity index is 1.43. The Morgan fingerprint density at radius 3 is 2.14 bits per heavy atom. The van der Waals surface area contributed by atoms with Gasteiger partial charge in [-0.2, -0.15) is 0 Å². The zero-order valence-corrected chi connectivity index (χ0v) is 15.1. The number of nitro groups is 1. The van der Waals surface area contributed by atoms with E-state index in [0.717, 1.165) is 25.7 Å². The van der Waals surface area contributed by atoms with Gasteiger partial charge < -0.3 is 16.0 Å². The maximum absolute atomic E-state index is 12.5. The molecule has 2 amide bonds. The Bertz CT molecular complexity index is 934. The number of hydrogen-bond donors (Lipinski definition) is 3. The molecule has 2 aromatic carbocycles. The second kappa shape index (κ2) is 7.30. The molecule has 0 aliphatic heterocycles. The number of carbonyl (C=O) groups excluding carboxylic acids is 2. The van der Waals surface area contributed by atoms with Gasteiger partial charge >= 0.3 is 0 Å². The van der Waals surface area contributed by atoms with Crippen molar-refractivity contribution in [1.82, 2.24) is 0 Å². The van der Waals surface area contributed by atoms with Crippen molar-refractivity contribution in [2.24, 2.45) is 5.92 Å². The second-order valence-electron chi connectivity index (χ2n) is 7.20. The molecular formula is C20H20N4O4. The van der Waals surface area contributed by atoms with Gasteiger partial charge in [-0.05, 0) is 62.1 Å². The fraction of sp³-hybridized carbons (Fsp3) is 0.300. The summed E-state index contributed by atoms with van der Waals surface area (Å²) in [7, 11) is 0. The smallest absolute Gasteiger partial charge is 0.293 e. The molecule has 2 aliphatic carbocycles. The van der Waals surface area contributed by atoms with Crippen molar-refractivity contribution in [2.45, 2.75) is 31.7 Å². The van der Waals surface area contributed by atoms with Gasteiger partial charge in [-0.15, -0.1) is 0 Å². The van der Waals surface area contributed by atoms with Gasteiger partial charge in [0.15, 0.2) is 0 Å². The van der Waals surface area contributed by atoms with E-state index in [1.165, 1.54) is 6.07 Å². The minimum absolute atomic E-state index is 0.0176. The lowest BCUT2D eigenvalue weighted by atomic mass is 10.1. The van der Waals surface area contributed by atoms with Crippen LogP contribution >= 0.6 is 0 Å². The van der Waals surface area contributed by atoms with E-state index < -0.39 is 10.8 Å². The quantitative estimate of drug-likeness (QED) is 0.500. The van der Waals surface area contributed by atoms with Crippen molar-refractivity contribution >= 4 is 34.6 Å². The number of rotatable bonds is 7. The predicted molar refractivity (Wildman–Crippen MR) is 105 cm³/mol. The first-order chi connectivity index (χ1) is 13.5. The van der Waals surface area contributed by atoms with Gasteiger partial charge in [-0.25, -0.2) is 0 Å². The highest BCUT2D eigenvalue weighted by Crippen LogP contribution is 2.32. The highest BCUT2D eigenvalue weighted by Gasteiger charge is 2.29. The van der Waals surface area contributed by atoms with Crippen LogP contribution in [0.15, 0.2) is 42.5 Å². The molecule has 0 heterocycles. The van der Waals surface area contributed by atoms with Crippen molar-refractivity contribution in [3.8, 4) is 0 Å². The third kappa shape index (κ3) is 4.28. The Hall–Kier alpha value is -3.42. The number of nitro benzene ring substituents is 1. The number of carbonyl (C=O) groups is 2. The number of nitrogens with zero attached hydrogens (tertiary/aromatic N) is 1. The monoisotopic (exact) mass is 380 g/mol. The molecule has 4 rings (SSSR count). The summed E-state index contributed by atoms with van der Waals surface area (Å²) in [6.45, 7) is 0. The summed E-state index contributed by atoms with van der Waals surface area (Å²) >= 11 is 0. The summed E-state index contributed by atoms with van der Waals surface area (Å²) < 4.78 is 0. The first-order valence-corrected chi connectivity index (χ1v) is 9.27. The third-order valence-corrected chi connectivity index (χ3v) is 4.75. The van der Waals surface area contributed by atoms with E-state index in [4.69, 9.17) is 0 Å². The highest BCUT2D eigenvalue weighted by molar-refractivity contribution is 6.05. The molecule has 0 radical (unpaired) electrons. The minimum atomic E-state index is -0.487. The van der Waals surface area contributed by atoms with Crippen molar-refractivity contribution in [2.75, 3.05) is 16.0 Å². The molecule has 0 saturated heterocycles. The largest absolute Gasteiger partial charge is 0.377 e. The summed E-state index contributed by atoms with van der Waals surface area (Å²) in [5, 5.41) is 20.0. The van der Waals surface area contributed by atoms with E-state index in [1.54, 1.807) is 36.4 Å². The van der Waals surface area contributed by atoms with Gasteiger partial charge in [0.25, 0.3) is 11.6 Å². The van der Waals surface area contributed by atoms with E-state index in [0.29, 0.717) is 17.1 Å². The Labute approximate surface area is 161 Å². The van der Waals surface area contributed by atoms with Gasteiger partial charge in [0.05, 0.1) is 4.92 Å². The van der Waals surface area contributed by atoms with Crippen molar-refractivity contribution in [3.63, 3.8) is 0 Å². The SMILES string of the molecule is O=C(Nc1ccc(NC(=O)C2CC2)cc1)c1ccc(NC2CC2)c([N+](=O)[O-])c1. The summed E-state index contributed by atoms with van der Waals surface area (Å²) in [4.78, 5) is 35.1. The summed E-state index contributed by atoms with van der Waals surface area (Å²) in [6.07, 6.45) is 3.86. The highest BCUT2D eigenvalue weighted by atomic mass is 16.6. The van der Waals surface area contributed by atoms with Crippen LogP contribution in [0.4, 0.5) is 22.7 Å². The van der Waals surface area contributed by atoms with Crippen LogP contribution in [0.25, 0.3) is 0 Å². The molecule has 8 nitrogen and oxygen atoms in total. The number of anilines is 3. The van der Waals surface area contributed by atoms with Crippen LogP contribution in [-0.2, 0) is 4.79 Å². The maximum Gasteiger partial charge on any atom is 0.293 e. The second-order valence-corrected chi connectivity index (χ2v) is 7.20. The van der Waals surface area contributed by atoms with E-state index in [1.807, 2.05) is 0 Å². The van der Waals surface area contributed by atoms with Crippen molar-refractivity contribution in [1.29, 1.82) is 0 Å². The molecule has 0 spiro atoms. The Morgan fingerprint density at radius 1 is 0.929 bits per heavy atom. The van der Waals surface area contributed by atoms with E-state index in [-0.39, 0.29) is 29.1 Å². The van der Waals surface area contributed by atoms with Crippen LogP contribution in [0, 0.1) is 16.0 Å². The zero-order valence-electron chi connectivity index (χ0n) is 15.1. The van der Waals surface area contributed by atoms with Gasteiger partial charge in [0.1, 0.15) is 5.69 Å². The Morgan fingerprint density at radius 2 is 1.57 bits per heavy atom. The molecular weight excluding hydrogens is 360 g/mol. The number of hydrogen-bond acceptors (Lipinski definition) is 5. The Kier molecular flexibility index (Phi) is 4.68. The lowest BCUT2D eigenvalue weighted by Gasteiger charge is -2.09. The first kappa shape index (κ1) is 18.0. The minimum Gasteiger partial charge on any atom is -0.377 e. The first-order valence-electron chi connectivity index (χ1n) is 9.27. The number of amides is 2. The van der Waals surface area contributed by atoms with Crippen LogP contribution in [0.1, 0.15) is 36.0 Å². The number of nitrogens with one attached hydrogen (secondary N) is 3. The molecule has 144 valence electrons. The van der Waals surface area contributed by atoms with Gasteiger partial charge in [-0.3, -0.25) is 19.7 Å². The molecule has 28 heavy (non-hydrogen) atoms. The van der Waals surface area contributed by atoms with E-state index >= 15 is 0 Å². The topological polar surface area (TPSA) is 113 Å². The summed E-state index contributed by atoms with van der Waals surface area (Å²) in [6, 6.07) is 11.5. The fourth-order valence-corrected chi connectivity index (χ4v) is 2.82. The average Bonchev–Trinajstić information content (AvgIpc) is 3.57. The normalized spacial score (nSPS) is 15.6. The molecule has 8 heteroatoms. The molecule has 2 aromatic rings. The van der Waals surface area contributed by atoms with Gasteiger partial charge in [0.2, 0.25) is 5.91 Å². The van der Waals surface area contributed by atoms with E-state index in [2.05, 4.69) is 16.0 Å². The molecule has 2 aliphatic rings. The zero-order chi connectivity index (χ0) is 19.7. The standard InChI is InChI=1S/C20H20N4O4/c25-19(12-1-2-12)22-15-6-8-16(9-7-15)23-20(26)13-3-10-17(21-14-4-5-14)18(11-13)24(27)28/h3,6-12,14,21H,1-2,4-5H2,(H,22,25)(H,23,26). The number of benzene rings is 2. The van der Waals surface area contributed by atoms with Crippen LogP contribution < -0.4 is 16.0 Å². The molecule has 2 fully saturated rings. The maximum atomic E-state index is 12.5.